The Morgan fingerprint density at radius 3 is 1.73 bits per heavy atom. The average Bonchev–Trinajstić information content (AvgIpc) is 3.47. The second-order valence-electron chi connectivity index (χ2n) is 8.78. The zero-order chi connectivity index (χ0) is 20.2. The minimum atomic E-state index is 0.00753. The van der Waals surface area contributed by atoms with Gasteiger partial charge >= 0.3 is 0 Å². The Balaban J connectivity index is 1.26. The molecule has 2 bridgehead atoms. The van der Waals surface area contributed by atoms with Crippen molar-refractivity contribution in [3.8, 4) is 23.0 Å². The first-order valence-electron chi connectivity index (χ1n) is 10.7. The maximum atomic E-state index is 13.7. The van der Waals surface area contributed by atoms with Crippen LogP contribution in [0, 0.1) is 11.8 Å². The number of hydrogen-bond acceptors (Lipinski definition) is 6. The van der Waals surface area contributed by atoms with Crippen LogP contribution in [0.1, 0.15) is 24.0 Å². The maximum Gasteiger partial charge on any atom is 0.231 e. The molecule has 4 unspecified atom stereocenters. The van der Waals surface area contributed by atoms with Gasteiger partial charge in [-0.15, -0.1) is 0 Å². The minimum Gasteiger partial charge on any atom is -0.454 e. The molecule has 0 spiro atoms. The Labute approximate surface area is 175 Å². The first-order chi connectivity index (χ1) is 14.7. The van der Waals surface area contributed by atoms with E-state index in [1.165, 1.54) is 0 Å². The maximum absolute atomic E-state index is 13.7. The second-order valence-corrected chi connectivity index (χ2v) is 8.78. The molecule has 2 saturated heterocycles. The molecule has 0 saturated carbocycles. The number of Topliss-reactive ketones (excluding diaryl/α,β-unsaturated/α-hetero) is 1. The summed E-state index contributed by atoms with van der Waals surface area (Å²) in [5, 5.41) is 0. The van der Waals surface area contributed by atoms with Gasteiger partial charge in [0, 0.05) is 23.9 Å². The van der Waals surface area contributed by atoms with Gasteiger partial charge in [0.2, 0.25) is 13.6 Å². The van der Waals surface area contributed by atoms with Crippen LogP contribution in [-0.4, -0.2) is 43.4 Å². The number of carbonyl (C=O) groups is 1. The number of ketones is 1. The van der Waals surface area contributed by atoms with E-state index in [9.17, 15) is 4.79 Å². The summed E-state index contributed by atoms with van der Waals surface area (Å²) in [4.78, 5) is 16.1. The summed E-state index contributed by atoms with van der Waals surface area (Å²) in [5.74, 6) is 3.55. The average molecular weight is 407 g/mol. The van der Waals surface area contributed by atoms with Crippen LogP contribution in [-0.2, 0) is 17.6 Å². The van der Waals surface area contributed by atoms with Crippen molar-refractivity contribution in [1.29, 1.82) is 0 Å². The standard InChI is InChI=1S/C24H25NO5/c1-25-18-4-5-19(25)17(9-15-3-7-21-23(11-15)30-13-28-21)24(26)16(18)8-14-2-6-20-22(10-14)29-12-27-20/h2-3,6-7,10-11,16-19H,4-5,8-9,12-13H2,1H3. The molecule has 2 aromatic rings. The molecule has 4 atom stereocenters. The molecule has 0 radical (unpaired) electrons. The van der Waals surface area contributed by atoms with Crippen molar-refractivity contribution in [2.75, 3.05) is 20.6 Å². The summed E-state index contributed by atoms with van der Waals surface area (Å²) in [5.41, 5.74) is 2.27. The smallest absolute Gasteiger partial charge is 0.231 e. The molecule has 2 fully saturated rings. The number of hydrogen-bond donors (Lipinski definition) is 0. The van der Waals surface area contributed by atoms with E-state index in [0.717, 1.165) is 59.8 Å². The molecule has 4 aliphatic rings. The van der Waals surface area contributed by atoms with Crippen molar-refractivity contribution in [1.82, 2.24) is 4.90 Å². The van der Waals surface area contributed by atoms with E-state index in [-0.39, 0.29) is 25.4 Å². The van der Waals surface area contributed by atoms with Gasteiger partial charge in [-0.1, -0.05) is 12.1 Å². The minimum absolute atomic E-state index is 0.00753. The Bertz CT molecular complexity index is 928. The largest absolute Gasteiger partial charge is 0.454 e. The lowest BCUT2D eigenvalue weighted by molar-refractivity contribution is -0.134. The van der Waals surface area contributed by atoms with Crippen LogP contribution >= 0.6 is 0 Å². The molecule has 0 aliphatic carbocycles. The summed E-state index contributed by atoms with van der Waals surface area (Å²) in [7, 11) is 2.19. The van der Waals surface area contributed by atoms with Crippen LogP contribution < -0.4 is 18.9 Å². The zero-order valence-corrected chi connectivity index (χ0v) is 17.0. The Kier molecular flexibility index (Phi) is 4.16. The Morgan fingerprint density at radius 2 is 1.23 bits per heavy atom. The fourth-order valence-corrected chi connectivity index (χ4v) is 5.74. The molecule has 0 amide bonds. The highest BCUT2D eigenvalue weighted by Crippen LogP contribution is 2.43. The lowest BCUT2D eigenvalue weighted by Gasteiger charge is -2.41. The van der Waals surface area contributed by atoms with E-state index < -0.39 is 0 Å². The van der Waals surface area contributed by atoms with E-state index in [0.29, 0.717) is 17.9 Å². The number of ether oxygens (including phenoxy) is 4. The summed E-state index contributed by atoms with van der Waals surface area (Å²) in [6.07, 6.45) is 3.66. The number of fused-ring (bicyclic) bond motifs is 4. The lowest BCUT2D eigenvalue weighted by Crippen LogP contribution is -2.53. The van der Waals surface area contributed by atoms with Crippen LogP contribution in [0.4, 0.5) is 0 Å². The number of nitrogens with zero attached hydrogens (tertiary/aromatic N) is 1. The van der Waals surface area contributed by atoms with Crippen molar-refractivity contribution in [2.45, 2.75) is 37.8 Å². The summed E-state index contributed by atoms with van der Waals surface area (Å²) in [6, 6.07) is 12.7. The Hall–Kier alpha value is -2.73. The van der Waals surface area contributed by atoms with Gasteiger partial charge in [-0.2, -0.15) is 0 Å². The van der Waals surface area contributed by atoms with Crippen molar-refractivity contribution < 1.29 is 23.7 Å². The molecule has 6 rings (SSSR count). The number of rotatable bonds is 4. The first kappa shape index (κ1) is 18.1. The van der Waals surface area contributed by atoms with Gasteiger partial charge in [0.05, 0.1) is 0 Å². The van der Waals surface area contributed by atoms with Crippen molar-refractivity contribution in [3.05, 3.63) is 47.5 Å². The van der Waals surface area contributed by atoms with Crippen LogP contribution in [0.15, 0.2) is 36.4 Å². The van der Waals surface area contributed by atoms with Gasteiger partial charge in [0.25, 0.3) is 0 Å². The molecule has 4 aliphatic heterocycles. The van der Waals surface area contributed by atoms with Gasteiger partial charge < -0.3 is 18.9 Å². The van der Waals surface area contributed by atoms with Crippen LogP contribution in [0.3, 0.4) is 0 Å². The van der Waals surface area contributed by atoms with Crippen molar-refractivity contribution in [3.63, 3.8) is 0 Å². The molecule has 156 valence electrons. The Morgan fingerprint density at radius 1 is 0.767 bits per heavy atom. The van der Waals surface area contributed by atoms with Crippen LogP contribution in [0.2, 0.25) is 0 Å². The van der Waals surface area contributed by atoms with Crippen molar-refractivity contribution >= 4 is 5.78 Å². The van der Waals surface area contributed by atoms with E-state index in [4.69, 9.17) is 18.9 Å². The van der Waals surface area contributed by atoms with E-state index in [1.807, 2.05) is 24.3 Å². The molecule has 2 aromatic carbocycles. The summed E-state index contributed by atoms with van der Waals surface area (Å²) < 4.78 is 21.9. The van der Waals surface area contributed by atoms with E-state index in [2.05, 4.69) is 24.1 Å². The van der Waals surface area contributed by atoms with E-state index in [1.54, 1.807) is 0 Å². The molecule has 30 heavy (non-hydrogen) atoms. The molecular formula is C24H25NO5. The fraction of sp³-hybridized carbons (Fsp3) is 0.458. The fourth-order valence-electron chi connectivity index (χ4n) is 5.74. The quantitative estimate of drug-likeness (QED) is 0.776. The van der Waals surface area contributed by atoms with Crippen molar-refractivity contribution in [2.24, 2.45) is 11.8 Å². The first-order valence-corrected chi connectivity index (χ1v) is 10.7. The van der Waals surface area contributed by atoms with Gasteiger partial charge in [0.15, 0.2) is 23.0 Å². The van der Waals surface area contributed by atoms with Gasteiger partial charge in [-0.05, 0) is 68.1 Å². The highest BCUT2D eigenvalue weighted by atomic mass is 16.7. The number of benzene rings is 2. The summed E-state index contributed by atoms with van der Waals surface area (Å²) in [6.45, 7) is 0.539. The predicted molar refractivity (Wildman–Crippen MR) is 109 cm³/mol. The van der Waals surface area contributed by atoms with Crippen LogP contribution in [0.5, 0.6) is 23.0 Å². The highest BCUT2D eigenvalue weighted by molar-refractivity contribution is 5.86. The molecular weight excluding hydrogens is 382 g/mol. The van der Waals surface area contributed by atoms with Gasteiger partial charge in [-0.3, -0.25) is 9.69 Å². The van der Waals surface area contributed by atoms with Gasteiger partial charge in [0.1, 0.15) is 5.78 Å². The third-order valence-electron chi connectivity index (χ3n) is 7.25. The third-order valence-corrected chi connectivity index (χ3v) is 7.25. The zero-order valence-electron chi connectivity index (χ0n) is 17.0. The third kappa shape index (κ3) is 2.85. The SMILES string of the molecule is CN1C2CCC1C(Cc1ccc3c(c1)OCO3)C(=O)C2Cc1ccc2c(c1)OCO2. The lowest BCUT2D eigenvalue weighted by atomic mass is 9.76. The normalized spacial score (nSPS) is 28.9. The number of piperidine rings is 1. The van der Waals surface area contributed by atoms with E-state index >= 15 is 0 Å². The predicted octanol–water partition coefficient (Wildman–Crippen LogP) is 3.21. The molecule has 4 heterocycles. The molecule has 0 N–H and O–H groups in total. The summed E-state index contributed by atoms with van der Waals surface area (Å²) >= 11 is 0. The molecule has 0 aromatic heterocycles. The highest BCUT2D eigenvalue weighted by Gasteiger charge is 2.50. The molecule has 6 heteroatoms. The van der Waals surface area contributed by atoms with Gasteiger partial charge in [-0.25, -0.2) is 0 Å². The monoisotopic (exact) mass is 407 g/mol. The number of carbonyl (C=O) groups excluding carboxylic acids is 1. The topological polar surface area (TPSA) is 57.2 Å². The van der Waals surface area contributed by atoms with Crippen LogP contribution in [0.25, 0.3) is 0 Å². The molecule has 6 nitrogen and oxygen atoms in total. The second kappa shape index (κ2) is 6.91.